The Labute approximate surface area is 180 Å². The summed E-state index contributed by atoms with van der Waals surface area (Å²) in [5.41, 5.74) is 3.30. The van der Waals surface area contributed by atoms with Crippen LogP contribution < -0.4 is 10.2 Å². The van der Waals surface area contributed by atoms with Crippen molar-refractivity contribution in [3.8, 4) is 0 Å². The summed E-state index contributed by atoms with van der Waals surface area (Å²) < 4.78 is 0. The monoisotopic (exact) mass is 418 g/mol. The number of rotatable bonds is 2. The summed E-state index contributed by atoms with van der Waals surface area (Å²) >= 11 is 0. The van der Waals surface area contributed by atoms with Gasteiger partial charge in [-0.3, -0.25) is 19.2 Å². The summed E-state index contributed by atoms with van der Waals surface area (Å²) in [6.07, 6.45) is 0. The Balaban J connectivity index is 0.000000184. The van der Waals surface area contributed by atoms with Crippen LogP contribution in [0, 0.1) is 0 Å². The maximum absolute atomic E-state index is 11.9. The molecule has 30 heavy (non-hydrogen) atoms. The van der Waals surface area contributed by atoms with E-state index in [0.717, 1.165) is 5.56 Å². The molecule has 0 saturated carbocycles. The summed E-state index contributed by atoms with van der Waals surface area (Å²) in [7, 11) is 0. The van der Waals surface area contributed by atoms with Crippen LogP contribution in [0.15, 0.2) is 78.9 Å². The molecule has 0 atom stereocenters. The van der Waals surface area contributed by atoms with Crippen LogP contribution in [0.5, 0.6) is 0 Å². The molecule has 2 aliphatic heterocycles. The molecule has 0 aromatic heterocycles. The van der Waals surface area contributed by atoms with Crippen molar-refractivity contribution >= 4 is 48.3 Å². The van der Waals surface area contributed by atoms with Gasteiger partial charge in [-0.15, -0.1) is 0 Å². The van der Waals surface area contributed by atoms with Crippen molar-refractivity contribution in [2.45, 2.75) is 6.54 Å². The molecule has 6 nitrogen and oxygen atoms in total. The predicted molar refractivity (Wildman–Crippen MR) is 118 cm³/mol. The van der Waals surface area contributed by atoms with Gasteiger partial charge in [0.25, 0.3) is 23.4 Å². The van der Waals surface area contributed by atoms with Gasteiger partial charge >= 0.3 is 0 Å². The lowest BCUT2D eigenvalue weighted by molar-refractivity contribution is -0.114. The van der Waals surface area contributed by atoms with E-state index in [0.29, 0.717) is 29.0 Å². The van der Waals surface area contributed by atoms with Crippen LogP contribution in [0.1, 0.15) is 26.3 Å². The van der Waals surface area contributed by atoms with Gasteiger partial charge < -0.3 is 10.2 Å². The molecule has 2 heterocycles. The van der Waals surface area contributed by atoms with Gasteiger partial charge in [0.2, 0.25) is 0 Å². The predicted octanol–water partition coefficient (Wildman–Crippen LogP) is 3.35. The van der Waals surface area contributed by atoms with E-state index in [4.69, 9.17) is 0 Å². The molecule has 0 saturated heterocycles. The van der Waals surface area contributed by atoms with Gasteiger partial charge in [-0.05, 0) is 29.8 Å². The first-order valence-corrected chi connectivity index (χ1v) is 9.00. The minimum absolute atomic E-state index is 0. The van der Waals surface area contributed by atoms with Gasteiger partial charge in [0, 0.05) is 0 Å². The molecule has 0 radical (unpaired) electrons. The second-order valence-electron chi connectivity index (χ2n) is 6.55. The zero-order valence-corrected chi connectivity index (χ0v) is 16.8. The van der Waals surface area contributed by atoms with Crippen molar-refractivity contribution in [1.29, 1.82) is 0 Å². The van der Waals surface area contributed by atoms with Crippen molar-refractivity contribution in [3.05, 3.63) is 95.6 Å². The normalized spacial score (nSPS) is 13.7. The molecule has 7 heteroatoms. The first kappa shape index (κ1) is 21.0. The molecule has 2 aliphatic rings. The highest BCUT2D eigenvalue weighted by Crippen LogP contribution is 2.29. The molecule has 2 amide bonds. The van der Waals surface area contributed by atoms with Crippen LogP contribution in [0.4, 0.5) is 11.4 Å². The van der Waals surface area contributed by atoms with Crippen LogP contribution in [0.25, 0.3) is 0 Å². The average molecular weight is 418 g/mol. The highest BCUT2D eigenvalue weighted by atomic mass is 32.1. The van der Waals surface area contributed by atoms with E-state index in [2.05, 4.69) is 5.32 Å². The number of fused-ring (bicyclic) bond motifs is 2. The topological polar surface area (TPSA) is 83.6 Å². The van der Waals surface area contributed by atoms with E-state index in [-0.39, 0.29) is 13.5 Å². The molecule has 150 valence electrons. The zero-order valence-electron chi connectivity index (χ0n) is 15.8. The third kappa shape index (κ3) is 3.88. The molecule has 1 N–H and O–H groups in total. The highest BCUT2D eigenvalue weighted by molar-refractivity contribution is 7.59. The number of hydrogen-bond donors (Lipinski definition) is 1. The first-order valence-electron chi connectivity index (χ1n) is 9.00. The van der Waals surface area contributed by atoms with Crippen LogP contribution in [0.2, 0.25) is 0 Å². The van der Waals surface area contributed by atoms with Crippen LogP contribution >= 0.6 is 13.5 Å². The van der Waals surface area contributed by atoms with E-state index in [1.807, 2.05) is 36.4 Å². The number of hydrogen-bond acceptors (Lipinski definition) is 4. The number of benzene rings is 3. The van der Waals surface area contributed by atoms with Crippen molar-refractivity contribution in [3.63, 3.8) is 0 Å². The summed E-state index contributed by atoms with van der Waals surface area (Å²) in [5.74, 6) is -1.84. The molecule has 0 aliphatic carbocycles. The molecule has 0 spiro atoms. The number of nitrogens with zero attached hydrogens (tertiary/aromatic N) is 1. The summed E-state index contributed by atoms with van der Waals surface area (Å²) in [6.45, 7) is 0.433. The number of Topliss-reactive ketones (excluding diaryl/α,β-unsaturated/α-hetero) is 2. The highest BCUT2D eigenvalue weighted by Gasteiger charge is 2.35. The Kier molecular flexibility index (Phi) is 6.13. The summed E-state index contributed by atoms with van der Waals surface area (Å²) in [6, 6.07) is 23.6. The Hall–Kier alpha value is -3.71. The minimum Gasteiger partial charge on any atom is -0.318 e. The van der Waals surface area contributed by atoms with Crippen molar-refractivity contribution in [1.82, 2.24) is 0 Å². The Morgan fingerprint density at radius 2 is 1.27 bits per heavy atom. The van der Waals surface area contributed by atoms with Crippen LogP contribution in [0.3, 0.4) is 0 Å². The van der Waals surface area contributed by atoms with E-state index in [1.54, 1.807) is 42.5 Å². The van der Waals surface area contributed by atoms with Crippen molar-refractivity contribution in [2.24, 2.45) is 0 Å². The fourth-order valence-corrected chi connectivity index (χ4v) is 3.26. The Morgan fingerprint density at radius 1 is 0.667 bits per heavy atom. The third-order valence-electron chi connectivity index (χ3n) is 4.69. The largest absolute Gasteiger partial charge is 0.318 e. The Bertz CT molecular complexity index is 1140. The zero-order chi connectivity index (χ0) is 20.4. The molecule has 0 unspecified atom stereocenters. The van der Waals surface area contributed by atoms with Gasteiger partial charge in [-0.2, -0.15) is 13.5 Å². The van der Waals surface area contributed by atoms with Gasteiger partial charge in [0.05, 0.1) is 29.0 Å². The maximum Gasteiger partial charge on any atom is 0.299 e. The summed E-state index contributed by atoms with van der Waals surface area (Å²) in [5, 5.41) is 2.46. The standard InChI is InChI=1S/C15H11NO2.C8H5NO2.H2S/c17-14-12-8-4-5-9-13(12)16(15(14)18)10-11-6-2-1-3-7-11;10-7-5-3-1-2-4-6(5)9-8(7)11;/h1-9H,10H2;1-4H,(H,9,10,11);1H2. The van der Waals surface area contributed by atoms with E-state index >= 15 is 0 Å². The number of anilines is 2. The smallest absolute Gasteiger partial charge is 0.299 e. The lowest BCUT2D eigenvalue weighted by atomic mass is 10.1. The number of ketones is 2. The number of nitrogens with one attached hydrogen (secondary N) is 1. The lowest BCUT2D eigenvalue weighted by Crippen LogP contribution is -2.29. The molecule has 0 bridgehead atoms. The maximum atomic E-state index is 11.9. The lowest BCUT2D eigenvalue weighted by Gasteiger charge is -2.16. The van der Waals surface area contributed by atoms with Crippen molar-refractivity contribution in [2.75, 3.05) is 10.2 Å². The van der Waals surface area contributed by atoms with Crippen molar-refractivity contribution < 1.29 is 19.2 Å². The fourth-order valence-electron chi connectivity index (χ4n) is 3.26. The second-order valence-corrected chi connectivity index (χ2v) is 6.55. The SMILES string of the molecule is O=C1C(=O)N(Cc2ccccc2)c2ccccc21.O=C1Nc2ccccc2C1=O.S. The van der Waals surface area contributed by atoms with Gasteiger partial charge in [-0.25, -0.2) is 0 Å². The number of amides is 2. The molecule has 3 aromatic rings. The summed E-state index contributed by atoms with van der Waals surface area (Å²) in [4.78, 5) is 47.0. The first-order chi connectivity index (χ1) is 14.1. The number of carbonyl (C=O) groups is 4. The molecule has 5 rings (SSSR count). The third-order valence-corrected chi connectivity index (χ3v) is 4.69. The quantitative estimate of drug-likeness (QED) is 0.647. The second kappa shape index (κ2) is 8.75. The van der Waals surface area contributed by atoms with Crippen LogP contribution in [-0.2, 0) is 16.1 Å². The molecular weight excluding hydrogens is 400 g/mol. The van der Waals surface area contributed by atoms with Crippen LogP contribution in [-0.4, -0.2) is 23.4 Å². The molecular formula is C23H18N2O4S. The minimum atomic E-state index is -0.536. The van der Waals surface area contributed by atoms with E-state index < -0.39 is 23.4 Å². The Morgan fingerprint density at radius 3 is 1.97 bits per heavy atom. The number of para-hydroxylation sites is 2. The molecule has 0 fully saturated rings. The molecule has 3 aromatic carbocycles. The fraction of sp³-hybridized carbons (Fsp3) is 0.0435. The van der Waals surface area contributed by atoms with Gasteiger partial charge in [0.1, 0.15) is 0 Å². The van der Waals surface area contributed by atoms with Gasteiger partial charge in [0.15, 0.2) is 0 Å². The van der Waals surface area contributed by atoms with Gasteiger partial charge in [-0.1, -0.05) is 54.6 Å². The number of carbonyl (C=O) groups excluding carboxylic acids is 4. The van der Waals surface area contributed by atoms with E-state index in [9.17, 15) is 19.2 Å². The average Bonchev–Trinajstić information content (AvgIpc) is 3.18. The van der Waals surface area contributed by atoms with E-state index in [1.165, 1.54) is 4.90 Å².